The fourth-order valence-electron chi connectivity index (χ4n) is 3.51. The van der Waals surface area contributed by atoms with Crippen LogP contribution < -0.4 is 10.2 Å². The molecule has 3 heterocycles. The first kappa shape index (κ1) is 21.0. The van der Waals surface area contributed by atoms with Crippen molar-refractivity contribution in [2.24, 2.45) is 0 Å². The smallest absolute Gasteiger partial charge is 0.326 e. The number of aromatic nitrogens is 2. The lowest BCUT2D eigenvalue weighted by molar-refractivity contribution is 0.206. The number of thiazole rings is 1. The van der Waals surface area contributed by atoms with Crippen molar-refractivity contribution < 1.29 is 13.7 Å². The number of rotatable bonds is 7. The summed E-state index contributed by atoms with van der Waals surface area (Å²) < 4.78 is 18.3. The van der Waals surface area contributed by atoms with Gasteiger partial charge in [0, 0.05) is 24.4 Å². The van der Waals surface area contributed by atoms with E-state index < -0.39 is 0 Å². The standard InChI is InChI=1S/C22H24FN5O2S/c1-13-11-28(22(29)27(13)12-17-5-7-18(23)8-6-17)21-25-16(4)20(31-21)15(3)24-10-19-9-14(2)30-26-19/h5-9,13,24H,3,10-12H2,1-2,4H3/t13-/m1/s1. The second kappa shape index (κ2) is 8.50. The molecule has 0 aliphatic carbocycles. The molecule has 1 aliphatic rings. The molecule has 1 aromatic carbocycles. The second-order valence-electron chi connectivity index (χ2n) is 7.67. The summed E-state index contributed by atoms with van der Waals surface area (Å²) in [6.07, 6.45) is 0. The van der Waals surface area contributed by atoms with Gasteiger partial charge >= 0.3 is 6.03 Å². The Morgan fingerprint density at radius 2 is 2.10 bits per heavy atom. The number of halogens is 1. The molecular formula is C22H24FN5O2S. The first-order chi connectivity index (χ1) is 14.8. The van der Waals surface area contributed by atoms with Crippen molar-refractivity contribution in [2.45, 2.75) is 39.9 Å². The third kappa shape index (κ3) is 4.46. The number of carbonyl (C=O) groups is 1. The van der Waals surface area contributed by atoms with Crippen LogP contribution in [0.3, 0.4) is 0 Å². The number of carbonyl (C=O) groups excluding carboxylic acids is 1. The molecule has 0 spiro atoms. The molecule has 1 fully saturated rings. The number of hydrogen-bond acceptors (Lipinski definition) is 6. The Morgan fingerprint density at radius 3 is 2.77 bits per heavy atom. The Kier molecular flexibility index (Phi) is 5.77. The summed E-state index contributed by atoms with van der Waals surface area (Å²) in [5.74, 6) is 0.468. The number of amides is 2. The Balaban J connectivity index is 1.45. The first-order valence-electron chi connectivity index (χ1n) is 9.97. The molecule has 162 valence electrons. The zero-order chi connectivity index (χ0) is 22.1. The predicted octanol–water partition coefficient (Wildman–Crippen LogP) is 4.48. The number of benzene rings is 1. The molecule has 31 heavy (non-hydrogen) atoms. The van der Waals surface area contributed by atoms with Gasteiger partial charge in [0.25, 0.3) is 0 Å². The molecule has 0 bridgehead atoms. The molecule has 7 nitrogen and oxygen atoms in total. The van der Waals surface area contributed by atoms with Crippen molar-refractivity contribution in [1.29, 1.82) is 0 Å². The summed E-state index contributed by atoms with van der Waals surface area (Å²) in [4.78, 5) is 22.1. The van der Waals surface area contributed by atoms with E-state index in [-0.39, 0.29) is 17.9 Å². The summed E-state index contributed by atoms with van der Waals surface area (Å²) in [6.45, 7) is 11.3. The van der Waals surface area contributed by atoms with Crippen molar-refractivity contribution in [3.05, 3.63) is 70.3 Å². The van der Waals surface area contributed by atoms with E-state index in [9.17, 15) is 9.18 Å². The van der Waals surface area contributed by atoms with Gasteiger partial charge in [-0.15, -0.1) is 0 Å². The average Bonchev–Trinajstić information content (AvgIpc) is 3.41. The zero-order valence-electron chi connectivity index (χ0n) is 17.7. The highest BCUT2D eigenvalue weighted by Gasteiger charge is 2.37. The normalized spacial score (nSPS) is 16.3. The molecule has 2 aromatic heterocycles. The highest BCUT2D eigenvalue weighted by atomic mass is 32.1. The third-order valence-electron chi connectivity index (χ3n) is 5.17. The van der Waals surface area contributed by atoms with Crippen LogP contribution in [-0.2, 0) is 13.1 Å². The van der Waals surface area contributed by atoms with Crippen LogP contribution in [-0.4, -0.2) is 33.7 Å². The molecule has 2 amide bonds. The number of urea groups is 1. The maximum atomic E-state index is 13.2. The minimum atomic E-state index is -0.288. The van der Waals surface area contributed by atoms with Gasteiger partial charge in [0.1, 0.15) is 17.3 Å². The Bertz CT molecular complexity index is 1110. The Labute approximate surface area is 184 Å². The molecule has 1 saturated heterocycles. The first-order valence-corrected chi connectivity index (χ1v) is 10.8. The van der Waals surface area contributed by atoms with Gasteiger partial charge in [-0.1, -0.05) is 35.2 Å². The van der Waals surface area contributed by atoms with Gasteiger partial charge in [0.2, 0.25) is 0 Å². The van der Waals surface area contributed by atoms with Crippen LogP contribution in [0.25, 0.3) is 5.70 Å². The van der Waals surface area contributed by atoms with Crippen LogP contribution in [0.5, 0.6) is 0 Å². The minimum Gasteiger partial charge on any atom is -0.379 e. The monoisotopic (exact) mass is 441 g/mol. The van der Waals surface area contributed by atoms with Gasteiger partial charge in [0.05, 0.1) is 23.7 Å². The number of aryl methyl sites for hydroxylation is 2. The predicted molar refractivity (Wildman–Crippen MR) is 118 cm³/mol. The van der Waals surface area contributed by atoms with Crippen LogP contribution >= 0.6 is 11.3 Å². The minimum absolute atomic E-state index is 0.0157. The number of hydrogen-bond donors (Lipinski definition) is 1. The quantitative estimate of drug-likeness (QED) is 0.585. The van der Waals surface area contributed by atoms with E-state index in [1.165, 1.54) is 23.5 Å². The molecule has 1 atom stereocenters. The average molecular weight is 442 g/mol. The molecule has 4 rings (SSSR count). The zero-order valence-corrected chi connectivity index (χ0v) is 18.5. The maximum Gasteiger partial charge on any atom is 0.326 e. The Morgan fingerprint density at radius 1 is 1.35 bits per heavy atom. The van der Waals surface area contributed by atoms with Crippen LogP contribution in [0.1, 0.15) is 34.5 Å². The lowest BCUT2D eigenvalue weighted by Gasteiger charge is -2.20. The lowest BCUT2D eigenvalue weighted by atomic mass is 10.2. The summed E-state index contributed by atoms with van der Waals surface area (Å²) in [5.41, 5.74) is 3.22. The molecule has 3 aromatic rings. The summed E-state index contributed by atoms with van der Waals surface area (Å²) in [7, 11) is 0. The van der Waals surface area contributed by atoms with Gasteiger partial charge in [-0.05, 0) is 38.5 Å². The highest BCUT2D eigenvalue weighted by molar-refractivity contribution is 7.17. The maximum absolute atomic E-state index is 13.2. The molecule has 1 N–H and O–H groups in total. The van der Waals surface area contributed by atoms with E-state index in [4.69, 9.17) is 4.52 Å². The fourth-order valence-corrected chi connectivity index (χ4v) is 4.53. The largest absolute Gasteiger partial charge is 0.379 e. The summed E-state index contributed by atoms with van der Waals surface area (Å²) in [6, 6.07) is 8.01. The van der Waals surface area contributed by atoms with E-state index in [0.717, 1.165) is 33.3 Å². The SMILES string of the molecule is C=C(NCc1cc(C)on1)c1sc(N2C[C@@H](C)N(Cc3ccc(F)cc3)C2=O)nc1C. The number of nitrogens with one attached hydrogen (secondary N) is 1. The van der Waals surface area contributed by atoms with E-state index in [1.54, 1.807) is 21.9 Å². The van der Waals surface area contributed by atoms with E-state index >= 15 is 0 Å². The molecular weight excluding hydrogens is 417 g/mol. The van der Waals surface area contributed by atoms with Gasteiger partial charge in [-0.2, -0.15) is 0 Å². The second-order valence-corrected chi connectivity index (χ2v) is 8.65. The van der Waals surface area contributed by atoms with Crippen molar-refractivity contribution in [3.63, 3.8) is 0 Å². The van der Waals surface area contributed by atoms with Crippen LogP contribution in [0.4, 0.5) is 14.3 Å². The molecule has 0 saturated carbocycles. The number of anilines is 1. The molecule has 1 aliphatic heterocycles. The highest BCUT2D eigenvalue weighted by Crippen LogP contribution is 2.33. The van der Waals surface area contributed by atoms with Crippen molar-refractivity contribution in [1.82, 2.24) is 20.4 Å². The van der Waals surface area contributed by atoms with E-state index in [0.29, 0.717) is 24.8 Å². The molecule has 0 radical (unpaired) electrons. The lowest BCUT2D eigenvalue weighted by Crippen LogP contribution is -2.33. The fraction of sp³-hybridized carbons (Fsp3) is 0.318. The van der Waals surface area contributed by atoms with Crippen LogP contribution in [0.2, 0.25) is 0 Å². The van der Waals surface area contributed by atoms with Crippen molar-refractivity contribution in [3.8, 4) is 0 Å². The van der Waals surface area contributed by atoms with Crippen molar-refractivity contribution in [2.75, 3.05) is 11.4 Å². The number of nitrogens with zero attached hydrogens (tertiary/aromatic N) is 4. The summed E-state index contributed by atoms with van der Waals surface area (Å²) in [5, 5.41) is 7.86. The van der Waals surface area contributed by atoms with Gasteiger partial charge < -0.3 is 14.7 Å². The topological polar surface area (TPSA) is 74.5 Å². The van der Waals surface area contributed by atoms with E-state index in [2.05, 4.69) is 22.0 Å². The van der Waals surface area contributed by atoms with Gasteiger partial charge in [-0.25, -0.2) is 14.2 Å². The third-order valence-corrected chi connectivity index (χ3v) is 6.41. The summed E-state index contributed by atoms with van der Waals surface area (Å²) >= 11 is 1.43. The Hall–Kier alpha value is -3.20. The molecule has 0 unspecified atom stereocenters. The van der Waals surface area contributed by atoms with Crippen molar-refractivity contribution >= 4 is 28.2 Å². The van der Waals surface area contributed by atoms with Gasteiger partial charge in [-0.3, -0.25) is 4.90 Å². The van der Waals surface area contributed by atoms with Crippen LogP contribution in [0.15, 0.2) is 41.4 Å². The van der Waals surface area contributed by atoms with Gasteiger partial charge in [0.15, 0.2) is 5.13 Å². The van der Waals surface area contributed by atoms with Crippen LogP contribution in [0, 0.1) is 19.7 Å². The van der Waals surface area contributed by atoms with E-state index in [1.807, 2.05) is 26.8 Å². The molecule has 9 heteroatoms.